The minimum Gasteiger partial charge on any atom is -0.206 e. The van der Waals surface area contributed by atoms with Gasteiger partial charge >= 0.3 is 0 Å². The normalized spacial score (nSPS) is 10.9. The van der Waals surface area contributed by atoms with Crippen LogP contribution in [0.3, 0.4) is 0 Å². The van der Waals surface area contributed by atoms with E-state index in [4.69, 9.17) is 0 Å². The second kappa shape index (κ2) is 12.1. The van der Waals surface area contributed by atoms with Crippen LogP contribution in [0.15, 0.2) is 97.1 Å². The first-order valence-electron chi connectivity index (χ1n) is 14.0. The molecule has 0 aliphatic rings. The number of halogens is 1. The molecular weight excluding hydrogens is 475 g/mol. The molecule has 0 atom stereocenters. The Bertz CT molecular complexity index is 1640. The molecule has 0 fully saturated rings. The third-order valence-corrected chi connectivity index (χ3v) is 7.44. The van der Waals surface area contributed by atoms with Gasteiger partial charge in [-0.2, -0.15) is 0 Å². The van der Waals surface area contributed by atoms with Crippen molar-refractivity contribution in [3.63, 3.8) is 0 Å². The SMILES string of the molecule is CCCc1ccc(CCc2ccc3cc(C#Cc4c(F)cc(-c5ccc(C)cc5)cc4CC)ccc3c2)cc1. The Labute approximate surface area is 232 Å². The maximum Gasteiger partial charge on any atom is 0.139 e. The summed E-state index contributed by atoms with van der Waals surface area (Å²) in [6.45, 7) is 6.32. The molecule has 1 heteroatoms. The first kappa shape index (κ1) is 26.5. The van der Waals surface area contributed by atoms with Gasteiger partial charge < -0.3 is 0 Å². The van der Waals surface area contributed by atoms with Gasteiger partial charge in [0, 0.05) is 5.56 Å². The van der Waals surface area contributed by atoms with E-state index in [1.165, 1.54) is 34.1 Å². The molecule has 0 aliphatic carbocycles. The van der Waals surface area contributed by atoms with E-state index in [1.54, 1.807) is 6.07 Å². The van der Waals surface area contributed by atoms with Crippen molar-refractivity contribution in [1.82, 2.24) is 0 Å². The van der Waals surface area contributed by atoms with Gasteiger partial charge in [0.15, 0.2) is 0 Å². The van der Waals surface area contributed by atoms with E-state index in [0.29, 0.717) is 5.56 Å². The molecule has 0 amide bonds. The number of aryl methyl sites for hydroxylation is 5. The zero-order valence-corrected chi connectivity index (χ0v) is 23.2. The molecule has 5 rings (SSSR count). The van der Waals surface area contributed by atoms with E-state index in [-0.39, 0.29) is 5.82 Å². The Balaban J connectivity index is 1.32. The highest BCUT2D eigenvalue weighted by atomic mass is 19.1. The molecule has 0 saturated heterocycles. The number of benzene rings is 5. The second-order valence-corrected chi connectivity index (χ2v) is 10.4. The van der Waals surface area contributed by atoms with Crippen LogP contribution >= 0.6 is 0 Å². The van der Waals surface area contributed by atoms with Gasteiger partial charge in [0.25, 0.3) is 0 Å². The fourth-order valence-electron chi connectivity index (χ4n) is 5.11. The number of rotatable bonds is 7. The maximum atomic E-state index is 15.2. The van der Waals surface area contributed by atoms with Crippen molar-refractivity contribution < 1.29 is 4.39 Å². The fraction of sp³-hybridized carbons (Fsp3) is 0.211. The molecule has 0 nitrogen and oxygen atoms in total. The number of hydrogen-bond donors (Lipinski definition) is 0. The van der Waals surface area contributed by atoms with E-state index in [9.17, 15) is 0 Å². The molecule has 0 aliphatic heterocycles. The van der Waals surface area contributed by atoms with Crippen LogP contribution in [0, 0.1) is 24.6 Å². The van der Waals surface area contributed by atoms with Gasteiger partial charge in [0.2, 0.25) is 0 Å². The van der Waals surface area contributed by atoms with Crippen LogP contribution in [-0.2, 0) is 25.7 Å². The van der Waals surface area contributed by atoms with E-state index in [1.807, 2.05) is 25.1 Å². The van der Waals surface area contributed by atoms with Crippen molar-refractivity contribution in [2.75, 3.05) is 0 Å². The first-order valence-corrected chi connectivity index (χ1v) is 14.0. The van der Waals surface area contributed by atoms with Gasteiger partial charge in [-0.3, -0.25) is 0 Å². The average molecular weight is 511 g/mol. The third-order valence-electron chi connectivity index (χ3n) is 7.44. The van der Waals surface area contributed by atoms with E-state index in [2.05, 4.69) is 98.5 Å². The van der Waals surface area contributed by atoms with Crippen molar-refractivity contribution in [2.45, 2.75) is 52.9 Å². The van der Waals surface area contributed by atoms with Crippen molar-refractivity contribution in [3.05, 3.63) is 142 Å². The van der Waals surface area contributed by atoms with Crippen LogP contribution in [0.5, 0.6) is 0 Å². The smallest absolute Gasteiger partial charge is 0.139 e. The molecule has 39 heavy (non-hydrogen) atoms. The predicted octanol–water partition coefficient (Wildman–Crippen LogP) is 9.65. The Morgan fingerprint density at radius 3 is 1.95 bits per heavy atom. The first-order chi connectivity index (χ1) is 19.0. The van der Waals surface area contributed by atoms with Crippen molar-refractivity contribution >= 4 is 10.8 Å². The van der Waals surface area contributed by atoms with Gasteiger partial charge in [-0.05, 0) is 101 Å². The van der Waals surface area contributed by atoms with E-state index < -0.39 is 0 Å². The summed E-state index contributed by atoms with van der Waals surface area (Å²) in [5.41, 5.74) is 9.56. The quantitative estimate of drug-likeness (QED) is 0.191. The highest BCUT2D eigenvalue weighted by Gasteiger charge is 2.10. The standard InChI is InChI=1S/C38H35F/c1-4-6-28-9-11-29(12-10-28)13-14-30-15-20-35-24-31(16-21-34(35)23-30)17-22-37-32(5-2)25-36(26-38(37)39)33-18-7-27(3)8-19-33/h7-12,15-16,18-21,23-26H,4-6,13-14H2,1-3H3. The lowest BCUT2D eigenvalue weighted by Crippen LogP contribution is -1.95. The maximum absolute atomic E-state index is 15.2. The highest BCUT2D eigenvalue weighted by Crippen LogP contribution is 2.26. The Morgan fingerprint density at radius 1 is 0.590 bits per heavy atom. The predicted molar refractivity (Wildman–Crippen MR) is 164 cm³/mol. The van der Waals surface area contributed by atoms with E-state index in [0.717, 1.165) is 53.3 Å². The lowest BCUT2D eigenvalue weighted by Gasteiger charge is -2.09. The second-order valence-electron chi connectivity index (χ2n) is 10.4. The highest BCUT2D eigenvalue weighted by molar-refractivity contribution is 5.84. The summed E-state index contributed by atoms with van der Waals surface area (Å²) in [7, 11) is 0. The van der Waals surface area contributed by atoms with Crippen LogP contribution in [0.25, 0.3) is 21.9 Å². The number of fused-ring (bicyclic) bond motifs is 1. The van der Waals surface area contributed by atoms with Crippen LogP contribution in [0.4, 0.5) is 4.39 Å². The molecular formula is C38H35F. The summed E-state index contributed by atoms with van der Waals surface area (Å²) < 4.78 is 15.2. The zero-order chi connectivity index (χ0) is 27.2. The van der Waals surface area contributed by atoms with Gasteiger partial charge in [-0.15, -0.1) is 0 Å². The Morgan fingerprint density at radius 2 is 1.23 bits per heavy atom. The summed E-state index contributed by atoms with van der Waals surface area (Å²) >= 11 is 0. The molecule has 5 aromatic rings. The average Bonchev–Trinajstić information content (AvgIpc) is 2.96. The van der Waals surface area contributed by atoms with Crippen LogP contribution < -0.4 is 0 Å². The van der Waals surface area contributed by atoms with E-state index >= 15 is 4.39 Å². The lowest BCUT2D eigenvalue weighted by atomic mass is 9.96. The van der Waals surface area contributed by atoms with Gasteiger partial charge in [0.05, 0.1) is 5.56 Å². The minimum atomic E-state index is -0.261. The summed E-state index contributed by atoms with van der Waals surface area (Å²) in [5, 5.41) is 2.36. The van der Waals surface area contributed by atoms with Crippen LogP contribution in [0.2, 0.25) is 0 Å². The third kappa shape index (κ3) is 6.47. The van der Waals surface area contributed by atoms with Gasteiger partial charge in [-0.1, -0.05) is 110 Å². The molecule has 0 saturated carbocycles. The van der Waals surface area contributed by atoms with Crippen molar-refractivity contribution in [2.24, 2.45) is 0 Å². The van der Waals surface area contributed by atoms with Gasteiger partial charge in [-0.25, -0.2) is 4.39 Å². The summed E-state index contributed by atoms with van der Waals surface area (Å²) in [6.07, 6.45) is 5.11. The van der Waals surface area contributed by atoms with Gasteiger partial charge in [0.1, 0.15) is 5.82 Å². The molecule has 0 unspecified atom stereocenters. The zero-order valence-electron chi connectivity index (χ0n) is 23.2. The Kier molecular flexibility index (Phi) is 8.24. The van der Waals surface area contributed by atoms with Crippen molar-refractivity contribution in [3.8, 4) is 23.0 Å². The lowest BCUT2D eigenvalue weighted by molar-refractivity contribution is 0.622. The molecule has 0 bridgehead atoms. The molecule has 5 aromatic carbocycles. The summed E-state index contributed by atoms with van der Waals surface area (Å²) in [4.78, 5) is 0. The Hall–Kier alpha value is -4.15. The summed E-state index contributed by atoms with van der Waals surface area (Å²) in [6, 6.07) is 33.8. The molecule has 0 heterocycles. The molecule has 0 radical (unpaired) electrons. The molecule has 0 aromatic heterocycles. The molecule has 0 spiro atoms. The van der Waals surface area contributed by atoms with Crippen LogP contribution in [-0.4, -0.2) is 0 Å². The fourth-order valence-corrected chi connectivity index (χ4v) is 5.11. The monoisotopic (exact) mass is 510 g/mol. The molecule has 0 N–H and O–H groups in total. The summed E-state index contributed by atoms with van der Waals surface area (Å²) in [5.74, 6) is 6.10. The topological polar surface area (TPSA) is 0 Å². The van der Waals surface area contributed by atoms with Crippen LogP contribution in [0.1, 0.15) is 59.2 Å². The minimum absolute atomic E-state index is 0.261. The molecule has 194 valence electrons. The number of hydrogen-bond acceptors (Lipinski definition) is 0. The van der Waals surface area contributed by atoms with Crippen molar-refractivity contribution in [1.29, 1.82) is 0 Å². The largest absolute Gasteiger partial charge is 0.206 e.